The Kier molecular flexibility index (Phi) is 6.51. The Labute approximate surface area is 109 Å². The van der Waals surface area contributed by atoms with Crippen LogP contribution in [0.15, 0.2) is 24.3 Å². The first-order valence-corrected chi connectivity index (χ1v) is 7.68. The van der Waals surface area contributed by atoms with Crippen LogP contribution in [-0.4, -0.2) is 18.7 Å². The molecule has 0 radical (unpaired) electrons. The van der Waals surface area contributed by atoms with E-state index in [-0.39, 0.29) is 0 Å². The molecule has 3 heteroatoms. The zero-order valence-electron chi connectivity index (χ0n) is 8.83. The van der Waals surface area contributed by atoms with E-state index in [1.165, 1.54) is 27.5 Å². The molecule has 0 unspecified atom stereocenters. The first-order chi connectivity index (χ1) is 7.22. The van der Waals surface area contributed by atoms with E-state index in [2.05, 4.69) is 19.1 Å². The number of hydrogen-bond acceptors (Lipinski definition) is 1. The molecule has 1 rings (SSSR count). The first kappa shape index (κ1) is 13.2. The van der Waals surface area contributed by atoms with Gasteiger partial charge in [-0.15, -0.1) is 0 Å². The molecule has 0 nitrogen and oxygen atoms in total. The van der Waals surface area contributed by atoms with Crippen LogP contribution in [0.1, 0.15) is 32.6 Å². The standard InChI is InChI=1S/C12H15ClSSe/c1-2-3-4-5-12(14)15-11-8-6-10(13)7-9-11/h6-9H,2-5H2,1H3. The molecule has 1 aromatic carbocycles. The van der Waals surface area contributed by atoms with Crippen LogP contribution in [0.4, 0.5) is 0 Å². The number of hydrogen-bond donors (Lipinski definition) is 0. The van der Waals surface area contributed by atoms with Crippen molar-refractivity contribution in [2.24, 2.45) is 0 Å². The van der Waals surface area contributed by atoms with Crippen molar-refractivity contribution in [1.82, 2.24) is 0 Å². The van der Waals surface area contributed by atoms with Gasteiger partial charge in [0, 0.05) is 0 Å². The van der Waals surface area contributed by atoms with E-state index in [0.29, 0.717) is 15.0 Å². The summed E-state index contributed by atoms with van der Waals surface area (Å²) in [5.41, 5.74) is 0. The van der Waals surface area contributed by atoms with Crippen molar-refractivity contribution in [3.05, 3.63) is 29.3 Å². The molecular weight excluding hydrogens is 291 g/mol. The van der Waals surface area contributed by atoms with Gasteiger partial charge in [-0.3, -0.25) is 0 Å². The summed E-state index contributed by atoms with van der Waals surface area (Å²) in [7, 11) is 0. The van der Waals surface area contributed by atoms with Crippen LogP contribution >= 0.6 is 23.8 Å². The molecule has 0 saturated carbocycles. The molecule has 82 valence electrons. The molecular formula is C12H15ClSSe. The molecule has 0 fully saturated rings. The van der Waals surface area contributed by atoms with Gasteiger partial charge in [0.25, 0.3) is 0 Å². The summed E-state index contributed by atoms with van der Waals surface area (Å²) in [5, 5.41) is 0.798. The Morgan fingerprint density at radius 3 is 2.53 bits per heavy atom. The second-order valence-corrected chi connectivity index (χ2v) is 7.35. The summed E-state index contributed by atoms with van der Waals surface area (Å²) >= 11 is 11.5. The summed E-state index contributed by atoms with van der Waals surface area (Å²) in [5.74, 6) is 0. The fourth-order valence-electron chi connectivity index (χ4n) is 1.20. The third-order valence-electron chi connectivity index (χ3n) is 2.03. The average molecular weight is 306 g/mol. The summed E-state index contributed by atoms with van der Waals surface area (Å²) in [6.45, 7) is 2.22. The number of unbranched alkanes of at least 4 members (excludes halogenated alkanes) is 2. The van der Waals surface area contributed by atoms with Crippen LogP contribution in [0.3, 0.4) is 0 Å². The van der Waals surface area contributed by atoms with Crippen molar-refractivity contribution in [3.63, 3.8) is 0 Å². The van der Waals surface area contributed by atoms with E-state index in [4.69, 9.17) is 23.8 Å². The molecule has 0 saturated heterocycles. The summed E-state index contributed by atoms with van der Waals surface area (Å²) < 4.78 is 2.55. The molecule has 0 bridgehead atoms. The minimum atomic E-state index is 0.341. The van der Waals surface area contributed by atoms with Gasteiger partial charge in [0.15, 0.2) is 0 Å². The van der Waals surface area contributed by atoms with Crippen LogP contribution in [0, 0.1) is 0 Å². The molecule has 0 aliphatic heterocycles. The monoisotopic (exact) mass is 306 g/mol. The van der Waals surface area contributed by atoms with Crippen LogP contribution in [0.5, 0.6) is 0 Å². The van der Waals surface area contributed by atoms with Gasteiger partial charge in [0.1, 0.15) is 0 Å². The third-order valence-corrected chi connectivity index (χ3v) is 4.89. The maximum atomic E-state index is 5.82. The summed E-state index contributed by atoms with van der Waals surface area (Å²) in [4.78, 5) is 0. The molecule has 0 aromatic heterocycles. The van der Waals surface area contributed by atoms with E-state index in [1.807, 2.05) is 12.1 Å². The van der Waals surface area contributed by atoms with Gasteiger partial charge < -0.3 is 0 Å². The summed E-state index contributed by atoms with van der Waals surface area (Å²) in [6.07, 6.45) is 4.89. The van der Waals surface area contributed by atoms with Gasteiger partial charge in [0.05, 0.1) is 0 Å². The Bertz CT molecular complexity index is 308. The topological polar surface area (TPSA) is 0 Å². The molecule has 0 amide bonds. The Morgan fingerprint density at radius 1 is 1.27 bits per heavy atom. The van der Waals surface area contributed by atoms with Crippen molar-refractivity contribution < 1.29 is 0 Å². The van der Waals surface area contributed by atoms with E-state index < -0.39 is 0 Å². The maximum absolute atomic E-state index is 5.82. The number of halogens is 1. The van der Waals surface area contributed by atoms with E-state index in [0.717, 1.165) is 11.4 Å². The van der Waals surface area contributed by atoms with E-state index in [9.17, 15) is 0 Å². The molecule has 0 heterocycles. The van der Waals surface area contributed by atoms with Crippen molar-refractivity contribution in [2.45, 2.75) is 32.6 Å². The van der Waals surface area contributed by atoms with Crippen LogP contribution in [-0.2, 0) is 0 Å². The molecule has 0 aliphatic rings. The Hall–Kier alpha value is 0.119. The van der Waals surface area contributed by atoms with Crippen LogP contribution < -0.4 is 4.46 Å². The molecule has 0 spiro atoms. The van der Waals surface area contributed by atoms with Gasteiger partial charge in [0.2, 0.25) is 0 Å². The second kappa shape index (κ2) is 7.40. The number of benzene rings is 1. The van der Waals surface area contributed by atoms with Gasteiger partial charge in [-0.1, -0.05) is 0 Å². The minimum absolute atomic E-state index is 0.341. The first-order valence-electron chi connectivity index (χ1n) is 5.18. The molecule has 0 aliphatic carbocycles. The van der Waals surface area contributed by atoms with Gasteiger partial charge in [-0.2, -0.15) is 0 Å². The van der Waals surface area contributed by atoms with Crippen LogP contribution in [0.2, 0.25) is 5.02 Å². The van der Waals surface area contributed by atoms with E-state index in [1.54, 1.807) is 0 Å². The molecule has 1 aromatic rings. The molecule has 0 atom stereocenters. The molecule has 0 N–H and O–H groups in total. The zero-order chi connectivity index (χ0) is 11.1. The van der Waals surface area contributed by atoms with Gasteiger partial charge in [-0.25, -0.2) is 0 Å². The quantitative estimate of drug-likeness (QED) is 0.440. The van der Waals surface area contributed by atoms with Gasteiger partial charge >= 0.3 is 109 Å². The zero-order valence-corrected chi connectivity index (χ0v) is 12.1. The number of thiocarbonyl (C=S) groups is 1. The normalized spacial score (nSPS) is 10.3. The predicted octanol–water partition coefficient (Wildman–Crippen LogP) is 3.58. The fraction of sp³-hybridized carbons (Fsp3) is 0.417. The summed E-state index contributed by atoms with van der Waals surface area (Å²) in [6, 6.07) is 8.03. The SMILES string of the molecule is CCCCCC(=S)[Se]c1ccc(Cl)cc1. The Morgan fingerprint density at radius 2 is 1.93 bits per heavy atom. The van der Waals surface area contributed by atoms with Crippen molar-refractivity contribution in [1.29, 1.82) is 0 Å². The van der Waals surface area contributed by atoms with Crippen molar-refractivity contribution in [2.75, 3.05) is 0 Å². The van der Waals surface area contributed by atoms with Crippen molar-refractivity contribution >= 4 is 47.0 Å². The van der Waals surface area contributed by atoms with E-state index >= 15 is 0 Å². The van der Waals surface area contributed by atoms with Gasteiger partial charge in [-0.05, 0) is 0 Å². The average Bonchev–Trinajstić information content (AvgIpc) is 2.22. The Balaban J connectivity index is 2.34. The number of rotatable bonds is 6. The second-order valence-electron chi connectivity index (χ2n) is 3.39. The fourth-order valence-corrected chi connectivity index (χ4v) is 3.61. The van der Waals surface area contributed by atoms with Crippen molar-refractivity contribution in [3.8, 4) is 0 Å². The molecule has 15 heavy (non-hydrogen) atoms. The third kappa shape index (κ3) is 5.67. The predicted molar refractivity (Wildman–Crippen MR) is 73.6 cm³/mol. The van der Waals surface area contributed by atoms with Crippen LogP contribution in [0.25, 0.3) is 0 Å².